The number of carboxylic acid groups (broad SMARTS) is 2. The molecule has 0 rings (SSSR count). The normalized spacial score (nSPS) is 15.3. The number of hydrogen-bond acceptors (Lipinski definition) is 3. The first-order chi connectivity index (χ1) is 13.7. The molecule has 0 amide bonds. The Morgan fingerprint density at radius 1 is 0.862 bits per heavy atom. The second kappa shape index (κ2) is 14.4. The highest BCUT2D eigenvalue weighted by Crippen LogP contribution is 2.40. The van der Waals surface area contributed by atoms with E-state index in [9.17, 15) is 19.8 Å². The molecule has 0 aromatic heterocycles. The minimum Gasteiger partial charge on any atom is -0.478 e. The molecule has 0 aromatic rings. The van der Waals surface area contributed by atoms with Crippen molar-refractivity contribution in [2.75, 3.05) is 6.61 Å². The summed E-state index contributed by atoms with van der Waals surface area (Å²) in [7, 11) is 0. The van der Waals surface area contributed by atoms with Gasteiger partial charge in [-0.3, -0.25) is 0 Å². The predicted molar refractivity (Wildman–Crippen MR) is 118 cm³/mol. The van der Waals surface area contributed by atoms with Crippen molar-refractivity contribution in [1.29, 1.82) is 0 Å². The third-order valence-corrected chi connectivity index (χ3v) is 5.96. The molecule has 0 aliphatic rings. The van der Waals surface area contributed by atoms with Crippen LogP contribution in [0.5, 0.6) is 0 Å². The molecular formula is C24H42O5. The van der Waals surface area contributed by atoms with Crippen molar-refractivity contribution in [3.8, 4) is 0 Å². The SMILES string of the molecule is C=C(COC(CC(CC)CCCC)(CC(CC)CCCC)C(=C)C(=O)O)C(=O)O. The van der Waals surface area contributed by atoms with Crippen LogP contribution in [0.15, 0.2) is 24.3 Å². The van der Waals surface area contributed by atoms with Gasteiger partial charge in [0.2, 0.25) is 0 Å². The summed E-state index contributed by atoms with van der Waals surface area (Å²) < 4.78 is 6.14. The van der Waals surface area contributed by atoms with Crippen LogP contribution in [-0.4, -0.2) is 34.4 Å². The summed E-state index contributed by atoms with van der Waals surface area (Å²) in [5.41, 5.74) is -1.12. The fraction of sp³-hybridized carbons (Fsp3) is 0.750. The maximum absolute atomic E-state index is 12.0. The second-order valence-corrected chi connectivity index (χ2v) is 8.22. The van der Waals surface area contributed by atoms with Crippen molar-refractivity contribution >= 4 is 11.9 Å². The number of carbonyl (C=O) groups is 2. The van der Waals surface area contributed by atoms with Crippen LogP contribution in [0.25, 0.3) is 0 Å². The van der Waals surface area contributed by atoms with Crippen LogP contribution in [0.4, 0.5) is 0 Å². The molecule has 0 aromatic carbocycles. The lowest BCUT2D eigenvalue weighted by Crippen LogP contribution is -2.42. The van der Waals surface area contributed by atoms with Gasteiger partial charge in [0.15, 0.2) is 0 Å². The monoisotopic (exact) mass is 410 g/mol. The minimum atomic E-state index is -1.13. The molecule has 0 aliphatic carbocycles. The number of carboxylic acids is 2. The Kier molecular flexibility index (Phi) is 13.6. The number of hydrogen-bond donors (Lipinski definition) is 2. The number of ether oxygens (including phenoxy) is 1. The summed E-state index contributed by atoms with van der Waals surface area (Å²) in [6, 6.07) is 0. The third kappa shape index (κ3) is 9.62. The second-order valence-electron chi connectivity index (χ2n) is 8.22. The molecule has 0 saturated carbocycles. The van der Waals surface area contributed by atoms with Crippen molar-refractivity contribution in [3.63, 3.8) is 0 Å². The lowest BCUT2D eigenvalue weighted by atomic mass is 9.74. The number of unbranched alkanes of at least 4 members (excludes halogenated alkanes) is 2. The van der Waals surface area contributed by atoms with Gasteiger partial charge in [-0.1, -0.05) is 92.2 Å². The maximum Gasteiger partial charge on any atom is 0.333 e. The number of rotatable bonds is 18. The summed E-state index contributed by atoms with van der Waals surface area (Å²) >= 11 is 0. The average Bonchev–Trinajstić information content (AvgIpc) is 2.70. The zero-order chi connectivity index (χ0) is 22.4. The predicted octanol–water partition coefficient (Wildman–Crippen LogP) is 6.24. The lowest BCUT2D eigenvalue weighted by molar-refractivity contribution is -0.138. The van der Waals surface area contributed by atoms with Gasteiger partial charge in [-0.05, 0) is 24.7 Å². The fourth-order valence-electron chi connectivity index (χ4n) is 3.84. The van der Waals surface area contributed by atoms with Crippen LogP contribution < -0.4 is 0 Å². The van der Waals surface area contributed by atoms with Gasteiger partial charge in [0.25, 0.3) is 0 Å². The topological polar surface area (TPSA) is 83.8 Å². The molecule has 2 N–H and O–H groups in total. The van der Waals surface area contributed by atoms with Gasteiger partial charge in [0, 0.05) is 0 Å². The zero-order valence-electron chi connectivity index (χ0n) is 19.0. The average molecular weight is 411 g/mol. The van der Waals surface area contributed by atoms with E-state index >= 15 is 0 Å². The van der Waals surface area contributed by atoms with E-state index in [1.54, 1.807) is 0 Å². The molecule has 29 heavy (non-hydrogen) atoms. The zero-order valence-corrected chi connectivity index (χ0v) is 19.0. The standard InChI is InChI=1S/C24H42O5/c1-7-11-13-20(9-3)15-24(19(6)23(27)28,29-17-18(5)22(25)26)16-21(10-4)14-12-8-2/h20-21H,5-17H2,1-4H3,(H,25,26)(H,27,28). The first-order valence-corrected chi connectivity index (χ1v) is 11.1. The Morgan fingerprint density at radius 3 is 1.62 bits per heavy atom. The van der Waals surface area contributed by atoms with Crippen molar-refractivity contribution in [2.24, 2.45) is 11.8 Å². The summed E-state index contributed by atoms with van der Waals surface area (Å²) in [5.74, 6) is -1.61. The summed E-state index contributed by atoms with van der Waals surface area (Å²) in [4.78, 5) is 23.2. The minimum absolute atomic E-state index is 0.0283. The molecule has 0 radical (unpaired) electrons. The van der Waals surface area contributed by atoms with Crippen molar-refractivity contribution in [2.45, 2.75) is 97.5 Å². The Hall–Kier alpha value is -1.62. The van der Waals surface area contributed by atoms with E-state index in [4.69, 9.17) is 4.74 Å². The molecule has 0 saturated heterocycles. The molecule has 0 fully saturated rings. The van der Waals surface area contributed by atoms with Gasteiger partial charge >= 0.3 is 11.9 Å². The third-order valence-electron chi connectivity index (χ3n) is 5.96. The Balaban J connectivity index is 5.94. The smallest absolute Gasteiger partial charge is 0.333 e. The van der Waals surface area contributed by atoms with Gasteiger partial charge in [0.1, 0.15) is 5.60 Å². The fourth-order valence-corrected chi connectivity index (χ4v) is 3.84. The van der Waals surface area contributed by atoms with Crippen LogP contribution in [0.1, 0.15) is 91.9 Å². The highest BCUT2D eigenvalue weighted by atomic mass is 16.5. The molecule has 2 atom stereocenters. The van der Waals surface area contributed by atoms with Crippen LogP contribution in [-0.2, 0) is 14.3 Å². The van der Waals surface area contributed by atoms with Crippen LogP contribution >= 0.6 is 0 Å². The quantitative estimate of drug-likeness (QED) is 0.261. The molecule has 168 valence electrons. The van der Waals surface area contributed by atoms with Gasteiger partial charge in [-0.25, -0.2) is 9.59 Å². The maximum atomic E-state index is 12.0. The Morgan fingerprint density at radius 2 is 1.31 bits per heavy atom. The molecule has 0 aliphatic heterocycles. The molecular weight excluding hydrogens is 368 g/mol. The van der Waals surface area contributed by atoms with Crippen LogP contribution in [0.3, 0.4) is 0 Å². The molecule has 5 heteroatoms. The van der Waals surface area contributed by atoms with Gasteiger partial charge < -0.3 is 14.9 Å². The van der Waals surface area contributed by atoms with Crippen LogP contribution in [0, 0.1) is 11.8 Å². The molecule has 2 unspecified atom stereocenters. The highest BCUT2D eigenvalue weighted by Gasteiger charge is 2.41. The van der Waals surface area contributed by atoms with E-state index in [-0.39, 0.29) is 17.8 Å². The largest absolute Gasteiger partial charge is 0.478 e. The highest BCUT2D eigenvalue weighted by molar-refractivity contribution is 5.88. The number of aliphatic carboxylic acids is 2. The van der Waals surface area contributed by atoms with E-state index in [2.05, 4.69) is 40.9 Å². The first-order valence-electron chi connectivity index (χ1n) is 11.1. The molecule has 0 bridgehead atoms. The van der Waals surface area contributed by atoms with E-state index < -0.39 is 17.5 Å². The lowest BCUT2D eigenvalue weighted by Gasteiger charge is -2.39. The summed E-state index contributed by atoms with van der Waals surface area (Å²) in [5, 5.41) is 19.0. The van der Waals surface area contributed by atoms with E-state index in [1.165, 1.54) is 0 Å². The Labute approximate surface area is 177 Å². The molecule has 0 heterocycles. The van der Waals surface area contributed by atoms with Crippen molar-refractivity contribution in [1.82, 2.24) is 0 Å². The van der Waals surface area contributed by atoms with E-state index in [1.807, 2.05) is 0 Å². The van der Waals surface area contributed by atoms with Gasteiger partial charge in [-0.2, -0.15) is 0 Å². The summed E-state index contributed by atoms with van der Waals surface area (Å²) in [6.07, 6.45) is 9.23. The first kappa shape index (κ1) is 27.4. The van der Waals surface area contributed by atoms with Gasteiger partial charge in [0.05, 0.1) is 17.8 Å². The van der Waals surface area contributed by atoms with Crippen LogP contribution in [0.2, 0.25) is 0 Å². The van der Waals surface area contributed by atoms with E-state index in [0.717, 1.165) is 51.4 Å². The molecule has 5 nitrogen and oxygen atoms in total. The Bertz CT molecular complexity index is 519. The van der Waals surface area contributed by atoms with E-state index in [0.29, 0.717) is 24.7 Å². The van der Waals surface area contributed by atoms with Gasteiger partial charge in [-0.15, -0.1) is 0 Å². The van der Waals surface area contributed by atoms with Crippen molar-refractivity contribution < 1.29 is 24.5 Å². The molecule has 0 spiro atoms. The summed E-state index contributed by atoms with van der Waals surface area (Å²) in [6.45, 7) is 15.7. The van der Waals surface area contributed by atoms with Crippen molar-refractivity contribution in [3.05, 3.63) is 24.3 Å².